The van der Waals surface area contributed by atoms with Crippen molar-refractivity contribution in [3.63, 3.8) is 0 Å². The smallest absolute Gasteiger partial charge is 0.407 e. The predicted molar refractivity (Wildman–Crippen MR) is 182 cm³/mol. The Kier molecular flexibility index (Phi) is 12.4. The highest BCUT2D eigenvalue weighted by atomic mass is 16.5. The average Bonchev–Trinajstić information content (AvgIpc) is 3.85. The molecule has 3 aliphatic rings. The molecule has 3 fully saturated rings. The second kappa shape index (κ2) is 15.3. The molecule has 6 amide bonds. The van der Waals surface area contributed by atoms with Crippen LogP contribution in [0.2, 0.25) is 0 Å². The highest BCUT2D eigenvalue weighted by molar-refractivity contribution is 6.38. The summed E-state index contributed by atoms with van der Waals surface area (Å²) in [6.07, 6.45) is 3.92. The number of amides is 6. The summed E-state index contributed by atoms with van der Waals surface area (Å²) in [5.74, 6) is -2.04. The standard InChI is InChI=1S/C35H58N6O7/c1-11-13-22(26(42)29(44)36-16-12-2)38-28(43)25-24-21(35(24,9)10)18-41(25)30(45)27(34(6,7)8)40-31(46)39-23(33(3,4)5)19-48-32(47)37-17-20-14-15-20/h12,20-25,27H,2,11,13-19H2,1,3-10H3,(H,36,44)(H,37,47)(H,38,43)(H2,39,40,46)/t21-,22?,23+,24-,25-,27+/m0/s1. The summed E-state index contributed by atoms with van der Waals surface area (Å²) in [5.41, 5.74) is -1.41. The number of urea groups is 1. The van der Waals surface area contributed by atoms with Crippen molar-refractivity contribution in [3.8, 4) is 0 Å². The first-order valence-corrected chi connectivity index (χ1v) is 17.2. The summed E-state index contributed by atoms with van der Waals surface area (Å²) >= 11 is 0. The molecule has 13 heteroatoms. The van der Waals surface area contributed by atoms with Crippen LogP contribution in [-0.4, -0.2) is 90.9 Å². The van der Waals surface area contributed by atoms with Gasteiger partial charge in [0.15, 0.2) is 0 Å². The van der Waals surface area contributed by atoms with Crippen molar-refractivity contribution in [2.75, 3.05) is 26.2 Å². The summed E-state index contributed by atoms with van der Waals surface area (Å²) in [4.78, 5) is 80.8. The fourth-order valence-electron chi connectivity index (χ4n) is 6.45. The van der Waals surface area contributed by atoms with Crippen LogP contribution >= 0.6 is 0 Å². The maximum Gasteiger partial charge on any atom is 0.407 e. The van der Waals surface area contributed by atoms with Gasteiger partial charge in [-0.2, -0.15) is 0 Å². The Bertz CT molecular complexity index is 1250. The van der Waals surface area contributed by atoms with Gasteiger partial charge in [0.1, 0.15) is 18.7 Å². The van der Waals surface area contributed by atoms with Crippen molar-refractivity contribution in [2.45, 2.75) is 112 Å². The highest BCUT2D eigenvalue weighted by Gasteiger charge is 2.70. The molecule has 0 radical (unpaired) electrons. The molecule has 6 atom stereocenters. The summed E-state index contributed by atoms with van der Waals surface area (Å²) in [5, 5.41) is 13.8. The van der Waals surface area contributed by atoms with E-state index < -0.39 is 70.6 Å². The lowest BCUT2D eigenvalue weighted by molar-refractivity contribution is -0.145. The van der Waals surface area contributed by atoms with Crippen LogP contribution in [0.3, 0.4) is 0 Å². The van der Waals surface area contributed by atoms with E-state index >= 15 is 0 Å². The second-order valence-corrected chi connectivity index (χ2v) is 16.4. The Balaban J connectivity index is 1.75. The number of carbonyl (C=O) groups is 6. The molecule has 2 aliphatic carbocycles. The average molecular weight is 675 g/mol. The molecule has 48 heavy (non-hydrogen) atoms. The Morgan fingerprint density at radius 1 is 0.958 bits per heavy atom. The molecule has 1 unspecified atom stereocenters. The molecule has 0 bridgehead atoms. The van der Waals surface area contributed by atoms with Gasteiger partial charge in [0, 0.05) is 19.6 Å². The zero-order chi connectivity index (χ0) is 36.2. The van der Waals surface area contributed by atoms with Gasteiger partial charge in [-0.15, -0.1) is 6.58 Å². The number of carbonyl (C=O) groups excluding carboxylic acids is 6. The van der Waals surface area contributed by atoms with E-state index in [1.54, 1.807) is 0 Å². The normalized spacial score (nSPS) is 23.0. The van der Waals surface area contributed by atoms with Crippen LogP contribution in [0.4, 0.5) is 9.59 Å². The number of nitrogens with zero attached hydrogens (tertiary/aromatic N) is 1. The first kappa shape index (κ1) is 38.8. The maximum atomic E-state index is 14.3. The number of alkyl carbamates (subject to hydrolysis) is 1. The molecule has 0 aromatic carbocycles. The molecular formula is C35H58N6O7. The molecule has 270 valence electrons. The SMILES string of the molecule is C=CCNC(=O)C(=O)C(CCC)NC(=O)[C@@H]1[C@@H]2[C@H](CN1C(=O)[C@@H](NC(=O)N[C@H](COC(=O)NCC1CC1)C(C)(C)C)C(C)(C)C)C2(C)C. The molecule has 1 heterocycles. The zero-order valence-corrected chi connectivity index (χ0v) is 30.3. The van der Waals surface area contributed by atoms with Crippen molar-refractivity contribution in [3.05, 3.63) is 12.7 Å². The van der Waals surface area contributed by atoms with Crippen LogP contribution in [-0.2, 0) is 23.9 Å². The molecule has 1 saturated heterocycles. The largest absolute Gasteiger partial charge is 0.447 e. The number of fused-ring (bicyclic) bond motifs is 1. The van der Waals surface area contributed by atoms with E-state index in [0.717, 1.165) is 12.8 Å². The lowest BCUT2D eigenvalue weighted by atomic mass is 9.85. The van der Waals surface area contributed by atoms with Gasteiger partial charge in [-0.05, 0) is 53.3 Å². The van der Waals surface area contributed by atoms with Crippen LogP contribution in [0.1, 0.15) is 88.0 Å². The first-order chi connectivity index (χ1) is 22.2. The number of Topliss-reactive ketones (excluding diaryl/α,β-unsaturated/α-hetero) is 1. The Hall–Kier alpha value is -3.64. The van der Waals surface area contributed by atoms with Gasteiger partial charge in [0.25, 0.3) is 5.91 Å². The van der Waals surface area contributed by atoms with Gasteiger partial charge in [-0.1, -0.05) is 74.8 Å². The third-order valence-electron chi connectivity index (χ3n) is 9.95. The van der Waals surface area contributed by atoms with E-state index in [1.807, 2.05) is 48.5 Å². The van der Waals surface area contributed by atoms with Gasteiger partial charge >= 0.3 is 12.1 Å². The Morgan fingerprint density at radius 3 is 2.15 bits per heavy atom. The van der Waals surface area contributed by atoms with Gasteiger partial charge in [-0.25, -0.2) is 9.59 Å². The van der Waals surface area contributed by atoms with Crippen LogP contribution in [0.25, 0.3) is 0 Å². The minimum atomic E-state index is -1.04. The molecule has 5 N–H and O–H groups in total. The van der Waals surface area contributed by atoms with Crippen molar-refractivity contribution in [1.82, 2.24) is 31.5 Å². The van der Waals surface area contributed by atoms with E-state index in [2.05, 4.69) is 47.0 Å². The molecule has 2 saturated carbocycles. The molecule has 0 aromatic heterocycles. The predicted octanol–water partition coefficient (Wildman–Crippen LogP) is 2.89. The molecule has 0 spiro atoms. The third kappa shape index (κ3) is 9.72. The van der Waals surface area contributed by atoms with E-state index in [-0.39, 0.29) is 36.8 Å². The molecule has 13 nitrogen and oxygen atoms in total. The fourth-order valence-corrected chi connectivity index (χ4v) is 6.45. The first-order valence-electron chi connectivity index (χ1n) is 17.2. The second-order valence-electron chi connectivity index (χ2n) is 16.4. The molecule has 1 aliphatic heterocycles. The molecular weight excluding hydrogens is 616 g/mol. The fraction of sp³-hybridized carbons (Fsp3) is 0.771. The number of hydrogen-bond donors (Lipinski definition) is 5. The number of likely N-dealkylation sites (tertiary alicyclic amines) is 1. The number of rotatable bonds is 15. The van der Waals surface area contributed by atoms with Crippen LogP contribution in [0, 0.1) is 34.0 Å². The van der Waals surface area contributed by atoms with Gasteiger partial charge < -0.3 is 36.2 Å². The quantitative estimate of drug-likeness (QED) is 0.131. The number of hydrogen-bond acceptors (Lipinski definition) is 7. The topological polar surface area (TPSA) is 175 Å². The van der Waals surface area contributed by atoms with E-state index in [4.69, 9.17) is 4.74 Å². The number of ketones is 1. The van der Waals surface area contributed by atoms with Gasteiger partial charge in [0.05, 0.1) is 12.1 Å². The third-order valence-corrected chi connectivity index (χ3v) is 9.95. The number of ether oxygens (including phenoxy) is 1. The lowest BCUT2D eigenvalue weighted by Crippen LogP contribution is -2.62. The van der Waals surface area contributed by atoms with Gasteiger partial charge in [0.2, 0.25) is 17.6 Å². The zero-order valence-electron chi connectivity index (χ0n) is 30.3. The molecule has 3 rings (SSSR count). The minimum absolute atomic E-state index is 0.0579. The monoisotopic (exact) mass is 674 g/mol. The lowest BCUT2D eigenvalue weighted by Gasteiger charge is -2.38. The Morgan fingerprint density at radius 2 is 1.60 bits per heavy atom. The Labute approximate surface area is 285 Å². The summed E-state index contributed by atoms with van der Waals surface area (Å²) in [7, 11) is 0. The highest BCUT2D eigenvalue weighted by Crippen LogP contribution is 2.65. The van der Waals surface area contributed by atoms with Crippen molar-refractivity contribution < 1.29 is 33.5 Å². The summed E-state index contributed by atoms with van der Waals surface area (Å²) < 4.78 is 5.42. The van der Waals surface area contributed by atoms with Crippen molar-refractivity contribution >= 4 is 35.6 Å². The summed E-state index contributed by atoms with van der Waals surface area (Å²) in [6, 6.07) is -4.08. The van der Waals surface area contributed by atoms with Crippen molar-refractivity contribution in [1.29, 1.82) is 0 Å². The summed E-state index contributed by atoms with van der Waals surface area (Å²) in [6.45, 7) is 21.7. The van der Waals surface area contributed by atoms with Crippen LogP contribution in [0.5, 0.6) is 0 Å². The van der Waals surface area contributed by atoms with Crippen LogP contribution < -0.4 is 26.6 Å². The molecule has 0 aromatic rings. The number of nitrogens with one attached hydrogen (secondary N) is 5. The van der Waals surface area contributed by atoms with E-state index in [1.165, 1.54) is 11.0 Å². The maximum absolute atomic E-state index is 14.3. The van der Waals surface area contributed by atoms with Gasteiger partial charge in [-0.3, -0.25) is 19.2 Å². The van der Waals surface area contributed by atoms with E-state index in [9.17, 15) is 28.8 Å². The minimum Gasteiger partial charge on any atom is -0.447 e. The van der Waals surface area contributed by atoms with Crippen LogP contribution in [0.15, 0.2) is 12.7 Å². The van der Waals surface area contributed by atoms with E-state index in [0.29, 0.717) is 25.4 Å². The van der Waals surface area contributed by atoms with Crippen molar-refractivity contribution in [2.24, 2.45) is 34.0 Å². The number of piperidine rings is 1.